The summed E-state index contributed by atoms with van der Waals surface area (Å²) in [5.41, 5.74) is 7.53. The number of aromatic nitrogens is 2. The van der Waals surface area contributed by atoms with Crippen LogP contribution in [-0.2, 0) is 0 Å². The Labute approximate surface area is 92.3 Å². The van der Waals surface area contributed by atoms with Crippen molar-refractivity contribution in [2.24, 2.45) is 0 Å². The predicted molar refractivity (Wildman–Crippen MR) is 60.9 cm³/mol. The third-order valence-electron chi connectivity index (χ3n) is 2.11. The fourth-order valence-corrected chi connectivity index (χ4v) is 1.29. The fourth-order valence-electron chi connectivity index (χ4n) is 1.29. The van der Waals surface area contributed by atoms with Gasteiger partial charge in [-0.25, -0.2) is 14.4 Å². The van der Waals surface area contributed by atoms with Crippen LogP contribution in [0.25, 0.3) is 0 Å². The molecule has 0 atom stereocenters. The lowest BCUT2D eigenvalue weighted by molar-refractivity contribution is 0.627. The Kier molecular flexibility index (Phi) is 2.68. The molecule has 0 aliphatic rings. The van der Waals surface area contributed by atoms with Gasteiger partial charge in [-0.15, -0.1) is 0 Å². The number of nitrogens with one attached hydrogen (secondary N) is 1. The van der Waals surface area contributed by atoms with Gasteiger partial charge in [0.1, 0.15) is 5.82 Å². The van der Waals surface area contributed by atoms with Crippen molar-refractivity contribution in [2.75, 3.05) is 11.1 Å². The highest BCUT2D eigenvalue weighted by atomic mass is 19.1. The Hall–Kier alpha value is -2.17. The summed E-state index contributed by atoms with van der Waals surface area (Å²) in [4.78, 5) is 7.99. The molecular weight excluding hydrogens is 207 g/mol. The highest BCUT2D eigenvalue weighted by molar-refractivity contribution is 5.58. The molecular formula is C11H11FN4. The van der Waals surface area contributed by atoms with Crippen LogP contribution in [0.2, 0.25) is 0 Å². The molecule has 0 fully saturated rings. The van der Waals surface area contributed by atoms with Crippen LogP contribution in [0.5, 0.6) is 0 Å². The number of hydrogen-bond acceptors (Lipinski definition) is 4. The van der Waals surface area contributed by atoms with E-state index in [0.717, 1.165) is 11.3 Å². The van der Waals surface area contributed by atoms with E-state index in [-0.39, 0.29) is 5.82 Å². The number of nitrogen functional groups attached to an aromatic ring is 1. The van der Waals surface area contributed by atoms with Gasteiger partial charge in [0.05, 0.1) is 18.1 Å². The number of rotatable bonds is 2. The lowest BCUT2D eigenvalue weighted by Gasteiger charge is -2.07. The standard InChI is InChI=1S/C11H11FN4/c1-7-4-8(12)2-3-10(7)16-11-14-5-9(13)6-15-11/h2-6H,13H2,1H3,(H,14,15,16). The molecule has 0 radical (unpaired) electrons. The van der Waals surface area contributed by atoms with E-state index >= 15 is 0 Å². The van der Waals surface area contributed by atoms with Crippen LogP contribution in [0.1, 0.15) is 5.56 Å². The quantitative estimate of drug-likeness (QED) is 0.811. The molecule has 0 amide bonds. The van der Waals surface area contributed by atoms with Crippen LogP contribution in [0.3, 0.4) is 0 Å². The molecule has 5 heteroatoms. The monoisotopic (exact) mass is 218 g/mol. The van der Waals surface area contributed by atoms with Gasteiger partial charge >= 0.3 is 0 Å². The van der Waals surface area contributed by atoms with Crippen molar-refractivity contribution in [3.63, 3.8) is 0 Å². The molecule has 3 N–H and O–H groups in total. The molecule has 2 rings (SSSR count). The van der Waals surface area contributed by atoms with Gasteiger partial charge < -0.3 is 11.1 Å². The van der Waals surface area contributed by atoms with E-state index in [4.69, 9.17) is 5.73 Å². The number of nitrogens with two attached hydrogens (primary N) is 1. The molecule has 0 bridgehead atoms. The zero-order valence-corrected chi connectivity index (χ0v) is 8.74. The van der Waals surface area contributed by atoms with Crippen LogP contribution in [0.15, 0.2) is 30.6 Å². The molecule has 0 saturated carbocycles. The van der Waals surface area contributed by atoms with E-state index in [1.54, 1.807) is 6.07 Å². The largest absolute Gasteiger partial charge is 0.396 e. The van der Waals surface area contributed by atoms with Gasteiger partial charge in [0, 0.05) is 5.69 Å². The van der Waals surface area contributed by atoms with Gasteiger partial charge in [-0.1, -0.05) is 0 Å². The third kappa shape index (κ3) is 2.25. The molecule has 0 aliphatic carbocycles. The first-order valence-corrected chi connectivity index (χ1v) is 4.76. The first-order chi connectivity index (χ1) is 7.65. The normalized spacial score (nSPS) is 10.1. The number of halogens is 1. The minimum atomic E-state index is -0.263. The van der Waals surface area contributed by atoms with Gasteiger partial charge in [0.2, 0.25) is 5.95 Å². The summed E-state index contributed by atoms with van der Waals surface area (Å²) in [7, 11) is 0. The maximum atomic E-state index is 12.9. The molecule has 16 heavy (non-hydrogen) atoms. The van der Waals surface area contributed by atoms with E-state index < -0.39 is 0 Å². The number of aryl methyl sites for hydroxylation is 1. The SMILES string of the molecule is Cc1cc(F)ccc1Nc1ncc(N)cn1. The lowest BCUT2D eigenvalue weighted by Crippen LogP contribution is -1.99. The molecule has 1 heterocycles. The molecule has 2 aromatic rings. The van der Waals surface area contributed by atoms with Crippen molar-refractivity contribution < 1.29 is 4.39 Å². The zero-order chi connectivity index (χ0) is 11.5. The van der Waals surface area contributed by atoms with Crippen molar-refractivity contribution in [3.05, 3.63) is 42.0 Å². The second-order valence-electron chi connectivity index (χ2n) is 3.42. The molecule has 1 aromatic heterocycles. The predicted octanol–water partition coefficient (Wildman–Crippen LogP) is 2.25. The third-order valence-corrected chi connectivity index (χ3v) is 2.11. The van der Waals surface area contributed by atoms with Gasteiger partial charge in [0.15, 0.2) is 0 Å². The van der Waals surface area contributed by atoms with Gasteiger partial charge in [-0.05, 0) is 30.7 Å². The van der Waals surface area contributed by atoms with Crippen molar-refractivity contribution in [2.45, 2.75) is 6.92 Å². The summed E-state index contributed by atoms with van der Waals surface area (Å²) in [6, 6.07) is 4.47. The van der Waals surface area contributed by atoms with Crippen LogP contribution >= 0.6 is 0 Å². The summed E-state index contributed by atoms with van der Waals surface area (Å²) >= 11 is 0. The second-order valence-corrected chi connectivity index (χ2v) is 3.42. The topological polar surface area (TPSA) is 63.8 Å². The highest BCUT2D eigenvalue weighted by Gasteiger charge is 2.01. The maximum Gasteiger partial charge on any atom is 0.227 e. The van der Waals surface area contributed by atoms with E-state index in [1.165, 1.54) is 24.5 Å². The Morgan fingerprint density at radius 3 is 2.56 bits per heavy atom. The molecule has 0 unspecified atom stereocenters. The van der Waals surface area contributed by atoms with Crippen LogP contribution in [0, 0.1) is 12.7 Å². The van der Waals surface area contributed by atoms with Crippen molar-refractivity contribution in [3.8, 4) is 0 Å². The fraction of sp³-hybridized carbons (Fsp3) is 0.0909. The van der Waals surface area contributed by atoms with Gasteiger partial charge in [-0.3, -0.25) is 0 Å². The first kappa shape index (κ1) is 10.4. The number of hydrogen-bond donors (Lipinski definition) is 2. The van der Waals surface area contributed by atoms with Crippen molar-refractivity contribution in [1.29, 1.82) is 0 Å². The Bertz CT molecular complexity index is 496. The highest BCUT2D eigenvalue weighted by Crippen LogP contribution is 2.18. The molecule has 0 spiro atoms. The van der Waals surface area contributed by atoms with E-state index in [2.05, 4.69) is 15.3 Å². The minimum Gasteiger partial charge on any atom is -0.396 e. The van der Waals surface area contributed by atoms with E-state index in [1.807, 2.05) is 6.92 Å². The minimum absolute atomic E-state index is 0.263. The van der Waals surface area contributed by atoms with Gasteiger partial charge in [-0.2, -0.15) is 0 Å². The first-order valence-electron chi connectivity index (χ1n) is 4.76. The van der Waals surface area contributed by atoms with Crippen molar-refractivity contribution in [1.82, 2.24) is 9.97 Å². The summed E-state index contributed by atoms with van der Waals surface area (Å²) in [5.74, 6) is 0.171. The Morgan fingerprint density at radius 1 is 1.25 bits per heavy atom. The average molecular weight is 218 g/mol. The van der Waals surface area contributed by atoms with Crippen LogP contribution in [-0.4, -0.2) is 9.97 Å². The Balaban J connectivity index is 2.23. The molecule has 0 saturated heterocycles. The number of benzene rings is 1. The molecule has 1 aromatic carbocycles. The number of nitrogens with zero attached hydrogens (tertiary/aromatic N) is 2. The maximum absolute atomic E-state index is 12.9. The average Bonchev–Trinajstić information content (AvgIpc) is 2.25. The lowest BCUT2D eigenvalue weighted by atomic mass is 10.2. The van der Waals surface area contributed by atoms with Crippen LogP contribution in [0.4, 0.5) is 21.7 Å². The summed E-state index contributed by atoms with van der Waals surface area (Å²) in [6.07, 6.45) is 3.02. The van der Waals surface area contributed by atoms with E-state index in [9.17, 15) is 4.39 Å². The smallest absolute Gasteiger partial charge is 0.227 e. The zero-order valence-electron chi connectivity index (χ0n) is 8.74. The van der Waals surface area contributed by atoms with Gasteiger partial charge in [0.25, 0.3) is 0 Å². The van der Waals surface area contributed by atoms with Crippen molar-refractivity contribution >= 4 is 17.3 Å². The summed E-state index contributed by atoms with van der Waals surface area (Å²) in [5, 5.41) is 2.98. The summed E-state index contributed by atoms with van der Waals surface area (Å²) in [6.45, 7) is 1.81. The number of anilines is 3. The Morgan fingerprint density at radius 2 is 1.94 bits per heavy atom. The molecule has 82 valence electrons. The summed E-state index contributed by atoms with van der Waals surface area (Å²) < 4.78 is 12.9. The van der Waals surface area contributed by atoms with Crippen LogP contribution < -0.4 is 11.1 Å². The molecule has 4 nitrogen and oxygen atoms in total. The molecule has 0 aliphatic heterocycles. The second kappa shape index (κ2) is 4.14. The van der Waals surface area contributed by atoms with E-state index in [0.29, 0.717) is 11.6 Å².